The molecule has 94 valence electrons. The van der Waals surface area contributed by atoms with E-state index in [9.17, 15) is 10.2 Å². The van der Waals surface area contributed by atoms with Gasteiger partial charge in [0.1, 0.15) is 17.2 Å². The first kappa shape index (κ1) is 12.5. The molecule has 5 heteroatoms. The molecular formula is C14H12N3O2+. The van der Waals surface area contributed by atoms with Gasteiger partial charge in [-0.1, -0.05) is 24.3 Å². The van der Waals surface area contributed by atoms with Crippen LogP contribution in [0.4, 0.5) is 5.69 Å². The van der Waals surface area contributed by atoms with Crippen LogP contribution in [0.1, 0.15) is 11.1 Å². The van der Waals surface area contributed by atoms with Crippen molar-refractivity contribution >= 4 is 17.8 Å². The monoisotopic (exact) mass is 254 g/mol. The van der Waals surface area contributed by atoms with Gasteiger partial charge in [-0.15, -0.1) is 0 Å². The van der Waals surface area contributed by atoms with Gasteiger partial charge in [0, 0.05) is 6.07 Å². The Morgan fingerprint density at radius 1 is 0.895 bits per heavy atom. The lowest BCUT2D eigenvalue weighted by Gasteiger charge is -1.98. The maximum atomic E-state index is 9.35. The minimum absolute atomic E-state index is 0.0174. The van der Waals surface area contributed by atoms with Crippen LogP contribution in [0, 0.1) is 5.39 Å². The summed E-state index contributed by atoms with van der Waals surface area (Å²) >= 11 is 0. The lowest BCUT2D eigenvalue weighted by molar-refractivity contribution is 0.450. The highest BCUT2D eigenvalue weighted by Gasteiger charge is 1.97. The van der Waals surface area contributed by atoms with E-state index in [2.05, 4.69) is 10.5 Å². The van der Waals surface area contributed by atoms with Crippen molar-refractivity contribution in [2.75, 3.05) is 5.43 Å². The molecule has 0 aliphatic rings. The molecule has 0 saturated heterocycles. The third-order valence-corrected chi connectivity index (χ3v) is 2.48. The number of aromatic hydroxyl groups is 2. The molecule has 2 aromatic rings. The van der Waals surface area contributed by atoms with Crippen molar-refractivity contribution in [1.29, 1.82) is 5.39 Å². The zero-order chi connectivity index (χ0) is 13.7. The van der Waals surface area contributed by atoms with Crippen molar-refractivity contribution < 1.29 is 10.2 Å². The molecule has 5 nitrogen and oxygen atoms in total. The second-order valence-electron chi connectivity index (χ2n) is 3.95. The number of anilines is 1. The SMILES string of the molecule is N#[N+]Nc1ccc(/C=C/c2cc(O)cc(O)c2)cc1. The van der Waals surface area contributed by atoms with Gasteiger partial charge in [0.25, 0.3) is 5.39 Å². The van der Waals surface area contributed by atoms with Crippen molar-refractivity contribution in [3.05, 3.63) is 58.7 Å². The van der Waals surface area contributed by atoms with E-state index in [1.54, 1.807) is 30.3 Å². The normalized spacial score (nSPS) is 10.3. The fraction of sp³-hybridized carbons (Fsp3) is 0. The third kappa shape index (κ3) is 3.48. The highest BCUT2D eigenvalue weighted by atomic mass is 16.3. The molecule has 2 rings (SSSR count). The number of diazo groups is 1. The first-order valence-electron chi connectivity index (χ1n) is 5.58. The van der Waals surface area contributed by atoms with Gasteiger partial charge in [0.15, 0.2) is 0 Å². The molecule has 0 amide bonds. The van der Waals surface area contributed by atoms with Crippen LogP contribution >= 0.6 is 0 Å². The number of nitrogens with one attached hydrogen (secondary N) is 1. The molecule has 0 aromatic heterocycles. The van der Waals surface area contributed by atoms with Crippen LogP contribution in [0.25, 0.3) is 17.2 Å². The van der Waals surface area contributed by atoms with Crippen molar-refractivity contribution in [2.24, 2.45) is 0 Å². The molecule has 2 aromatic carbocycles. The van der Waals surface area contributed by atoms with E-state index in [0.717, 1.165) is 5.56 Å². The largest absolute Gasteiger partial charge is 0.508 e. The van der Waals surface area contributed by atoms with Gasteiger partial charge < -0.3 is 10.2 Å². The van der Waals surface area contributed by atoms with Crippen LogP contribution in [0.3, 0.4) is 0 Å². The summed E-state index contributed by atoms with van der Waals surface area (Å²) < 4.78 is 0. The minimum Gasteiger partial charge on any atom is -0.508 e. The standard InChI is InChI=1S/C14H11N3O2/c15-17-16-12-5-3-10(4-6-12)1-2-11-7-13(18)9-14(19)8-11/h1-9,16H,(H-,18,19)/p+1/b2-1+. The first-order chi connectivity index (χ1) is 9.17. The maximum Gasteiger partial charge on any atom is 0.308 e. The molecule has 0 atom stereocenters. The quantitative estimate of drug-likeness (QED) is 0.445. The Balaban J connectivity index is 2.16. The Morgan fingerprint density at radius 2 is 1.47 bits per heavy atom. The first-order valence-corrected chi connectivity index (χ1v) is 5.58. The average Bonchev–Trinajstić information content (AvgIpc) is 2.37. The second-order valence-corrected chi connectivity index (χ2v) is 3.95. The highest BCUT2D eigenvalue weighted by molar-refractivity contribution is 5.71. The maximum absolute atomic E-state index is 9.35. The van der Waals surface area contributed by atoms with Crippen molar-refractivity contribution in [2.45, 2.75) is 0 Å². The average molecular weight is 254 g/mol. The molecule has 0 spiro atoms. The molecule has 3 N–H and O–H groups in total. The summed E-state index contributed by atoms with van der Waals surface area (Å²) in [5.41, 5.74) is 4.72. The van der Waals surface area contributed by atoms with Gasteiger partial charge in [-0.3, -0.25) is 0 Å². The Bertz CT molecular complexity index is 622. The van der Waals surface area contributed by atoms with Crippen molar-refractivity contribution in [3.8, 4) is 11.5 Å². The number of benzene rings is 2. The highest BCUT2D eigenvalue weighted by Crippen LogP contribution is 2.22. The van der Waals surface area contributed by atoms with Crippen LogP contribution in [-0.2, 0) is 0 Å². The van der Waals surface area contributed by atoms with Crippen LogP contribution in [0.5, 0.6) is 11.5 Å². The summed E-state index contributed by atoms with van der Waals surface area (Å²) in [6, 6.07) is 11.6. The second kappa shape index (κ2) is 5.56. The zero-order valence-corrected chi connectivity index (χ0v) is 9.99. The van der Waals surface area contributed by atoms with Gasteiger partial charge in [0.05, 0.1) is 0 Å². The van der Waals surface area contributed by atoms with E-state index in [-0.39, 0.29) is 11.5 Å². The number of hydrogen-bond donors (Lipinski definition) is 3. The van der Waals surface area contributed by atoms with E-state index in [1.807, 2.05) is 18.2 Å². The molecule has 0 aliphatic heterocycles. The van der Waals surface area contributed by atoms with Crippen LogP contribution in [0.15, 0.2) is 42.5 Å². The number of hydrogen-bond acceptors (Lipinski definition) is 4. The van der Waals surface area contributed by atoms with Gasteiger partial charge >= 0.3 is 5.08 Å². The lowest BCUT2D eigenvalue weighted by atomic mass is 10.1. The summed E-state index contributed by atoms with van der Waals surface area (Å²) in [5.74, 6) is 0.0347. The van der Waals surface area contributed by atoms with Gasteiger partial charge in [-0.2, -0.15) is 0 Å². The minimum atomic E-state index is 0.0174. The lowest BCUT2D eigenvalue weighted by Crippen LogP contribution is -1.82. The Kier molecular flexibility index (Phi) is 3.64. The van der Waals surface area contributed by atoms with Crippen molar-refractivity contribution in [3.63, 3.8) is 0 Å². The fourth-order valence-corrected chi connectivity index (χ4v) is 1.63. The Labute approximate surface area is 110 Å². The van der Waals surface area contributed by atoms with Crippen LogP contribution in [0.2, 0.25) is 0 Å². The molecule has 19 heavy (non-hydrogen) atoms. The summed E-state index contributed by atoms with van der Waals surface area (Å²) in [6.07, 6.45) is 3.62. The molecule has 0 radical (unpaired) electrons. The fourth-order valence-electron chi connectivity index (χ4n) is 1.63. The Hall–Kier alpha value is -3.00. The van der Waals surface area contributed by atoms with E-state index in [1.165, 1.54) is 6.07 Å². The Morgan fingerprint density at radius 3 is 2.05 bits per heavy atom. The number of rotatable bonds is 3. The molecular weight excluding hydrogens is 242 g/mol. The summed E-state index contributed by atoms with van der Waals surface area (Å²) in [4.78, 5) is 0. The van der Waals surface area contributed by atoms with Crippen LogP contribution in [-0.4, -0.2) is 10.2 Å². The predicted molar refractivity (Wildman–Crippen MR) is 73.8 cm³/mol. The van der Waals surface area contributed by atoms with Crippen LogP contribution < -0.4 is 5.43 Å². The molecule has 0 fully saturated rings. The van der Waals surface area contributed by atoms with Gasteiger partial charge in [0.2, 0.25) is 0 Å². The number of nitrogens with zero attached hydrogens (tertiary/aromatic N) is 2. The molecule has 0 bridgehead atoms. The zero-order valence-electron chi connectivity index (χ0n) is 9.99. The molecule has 0 saturated carbocycles. The van der Waals surface area contributed by atoms with Crippen molar-refractivity contribution in [1.82, 2.24) is 0 Å². The number of phenolic OH excluding ortho intramolecular Hbond substituents is 2. The van der Waals surface area contributed by atoms with Gasteiger partial charge in [-0.25, -0.2) is 0 Å². The topological polar surface area (TPSA) is 80.6 Å². The van der Waals surface area contributed by atoms with Gasteiger partial charge in [-0.05, 0) is 40.8 Å². The van der Waals surface area contributed by atoms with E-state index < -0.39 is 0 Å². The van der Waals surface area contributed by atoms with E-state index >= 15 is 0 Å². The molecule has 0 heterocycles. The predicted octanol–water partition coefficient (Wildman–Crippen LogP) is 3.45. The molecule has 0 aliphatic carbocycles. The summed E-state index contributed by atoms with van der Waals surface area (Å²) in [5, 5.41) is 29.9. The van der Waals surface area contributed by atoms with E-state index in [4.69, 9.17) is 5.39 Å². The third-order valence-electron chi connectivity index (χ3n) is 2.48. The smallest absolute Gasteiger partial charge is 0.308 e. The summed E-state index contributed by atoms with van der Waals surface area (Å²) in [7, 11) is 0. The molecule has 0 unspecified atom stereocenters. The number of phenols is 2. The summed E-state index contributed by atoms with van der Waals surface area (Å²) in [6.45, 7) is 0. The van der Waals surface area contributed by atoms with E-state index in [0.29, 0.717) is 11.3 Å².